The zero-order valence-corrected chi connectivity index (χ0v) is 11.3. The van der Waals surface area contributed by atoms with Gasteiger partial charge in [-0.25, -0.2) is 0 Å². The normalized spacial score (nSPS) is 15.4. The number of hydrogen-bond donors (Lipinski definition) is 1. The van der Waals surface area contributed by atoms with Crippen LogP contribution in [0.4, 0.5) is 0 Å². The Morgan fingerprint density at radius 1 is 1.00 bits per heavy atom. The van der Waals surface area contributed by atoms with Gasteiger partial charge in [0.2, 0.25) is 0 Å². The predicted octanol–water partition coefficient (Wildman–Crippen LogP) is 2.20. The molecule has 0 aliphatic rings. The molecule has 0 saturated carbocycles. The SMILES string of the molecule is COCC(COC(C)(C)C)NC(C)(C)C. The smallest absolute Gasteiger partial charge is 0.0649 e. The van der Waals surface area contributed by atoms with E-state index in [2.05, 4.69) is 46.9 Å². The van der Waals surface area contributed by atoms with Crippen LogP contribution >= 0.6 is 0 Å². The Labute approximate surface area is 94.5 Å². The van der Waals surface area contributed by atoms with Crippen molar-refractivity contribution in [1.29, 1.82) is 0 Å². The van der Waals surface area contributed by atoms with Gasteiger partial charge in [-0.1, -0.05) is 0 Å². The van der Waals surface area contributed by atoms with Gasteiger partial charge >= 0.3 is 0 Å². The highest BCUT2D eigenvalue weighted by Gasteiger charge is 2.20. The van der Waals surface area contributed by atoms with Crippen LogP contribution in [0.1, 0.15) is 41.5 Å². The highest BCUT2D eigenvalue weighted by Crippen LogP contribution is 2.09. The Hall–Kier alpha value is -0.120. The van der Waals surface area contributed by atoms with Crippen LogP contribution in [0, 0.1) is 0 Å². The Bertz CT molecular complexity index is 167. The molecule has 0 aromatic heterocycles. The lowest BCUT2D eigenvalue weighted by molar-refractivity contribution is -0.0281. The van der Waals surface area contributed by atoms with Crippen LogP contribution in [0.2, 0.25) is 0 Å². The van der Waals surface area contributed by atoms with Crippen molar-refractivity contribution in [1.82, 2.24) is 5.32 Å². The monoisotopic (exact) mass is 217 g/mol. The Morgan fingerprint density at radius 2 is 1.53 bits per heavy atom. The molecule has 3 nitrogen and oxygen atoms in total. The van der Waals surface area contributed by atoms with Crippen LogP contribution in [0.3, 0.4) is 0 Å². The Morgan fingerprint density at radius 3 is 1.87 bits per heavy atom. The summed E-state index contributed by atoms with van der Waals surface area (Å²) >= 11 is 0. The Balaban J connectivity index is 4.05. The van der Waals surface area contributed by atoms with E-state index < -0.39 is 0 Å². The minimum atomic E-state index is -0.0917. The van der Waals surface area contributed by atoms with Gasteiger partial charge in [0.15, 0.2) is 0 Å². The number of methoxy groups -OCH3 is 1. The molecule has 92 valence electrons. The summed E-state index contributed by atoms with van der Waals surface area (Å²) in [6.45, 7) is 14.0. The maximum absolute atomic E-state index is 5.75. The van der Waals surface area contributed by atoms with Gasteiger partial charge in [-0.15, -0.1) is 0 Å². The molecular weight excluding hydrogens is 190 g/mol. The molecule has 0 aliphatic carbocycles. The summed E-state index contributed by atoms with van der Waals surface area (Å²) in [7, 11) is 1.72. The molecule has 0 fully saturated rings. The second-order valence-electron chi connectivity index (χ2n) is 5.97. The minimum Gasteiger partial charge on any atom is -0.383 e. The molecule has 0 bridgehead atoms. The largest absolute Gasteiger partial charge is 0.383 e. The van der Waals surface area contributed by atoms with E-state index in [0.29, 0.717) is 13.2 Å². The fraction of sp³-hybridized carbons (Fsp3) is 1.00. The molecule has 0 rings (SSSR count). The van der Waals surface area contributed by atoms with Crippen molar-refractivity contribution in [3.63, 3.8) is 0 Å². The first-order valence-electron chi connectivity index (χ1n) is 5.54. The van der Waals surface area contributed by atoms with Crippen molar-refractivity contribution in [2.24, 2.45) is 0 Å². The molecule has 0 amide bonds. The number of ether oxygens (including phenoxy) is 2. The third-order valence-electron chi connectivity index (χ3n) is 1.72. The molecule has 15 heavy (non-hydrogen) atoms. The minimum absolute atomic E-state index is 0.0877. The van der Waals surface area contributed by atoms with E-state index in [9.17, 15) is 0 Å². The molecule has 1 atom stereocenters. The molecule has 3 heteroatoms. The van der Waals surface area contributed by atoms with E-state index in [1.165, 1.54) is 0 Å². The average molecular weight is 217 g/mol. The van der Waals surface area contributed by atoms with Gasteiger partial charge < -0.3 is 14.8 Å². The molecule has 0 radical (unpaired) electrons. The summed E-state index contributed by atoms with van der Waals surface area (Å²) in [6.07, 6.45) is 0. The van der Waals surface area contributed by atoms with Gasteiger partial charge in [-0.05, 0) is 41.5 Å². The van der Waals surface area contributed by atoms with Gasteiger partial charge in [0, 0.05) is 12.6 Å². The molecule has 0 aliphatic heterocycles. The van der Waals surface area contributed by atoms with Crippen molar-refractivity contribution < 1.29 is 9.47 Å². The molecule has 1 N–H and O–H groups in total. The zero-order valence-electron chi connectivity index (χ0n) is 11.3. The predicted molar refractivity (Wildman–Crippen MR) is 64.3 cm³/mol. The number of rotatable bonds is 5. The fourth-order valence-electron chi connectivity index (χ4n) is 1.30. The van der Waals surface area contributed by atoms with Gasteiger partial charge in [-0.3, -0.25) is 0 Å². The quantitative estimate of drug-likeness (QED) is 0.766. The van der Waals surface area contributed by atoms with E-state index in [-0.39, 0.29) is 17.2 Å². The maximum Gasteiger partial charge on any atom is 0.0649 e. The zero-order chi connectivity index (χ0) is 12.1. The van der Waals surface area contributed by atoms with Crippen LogP contribution in [0.5, 0.6) is 0 Å². The summed E-state index contributed by atoms with van der Waals surface area (Å²) in [5, 5.41) is 3.48. The van der Waals surface area contributed by atoms with E-state index in [0.717, 1.165) is 0 Å². The van der Waals surface area contributed by atoms with Crippen LogP contribution in [0.15, 0.2) is 0 Å². The van der Waals surface area contributed by atoms with Crippen LogP contribution < -0.4 is 5.32 Å². The number of hydrogen-bond acceptors (Lipinski definition) is 3. The average Bonchev–Trinajstić information content (AvgIpc) is 1.96. The maximum atomic E-state index is 5.75. The van der Waals surface area contributed by atoms with Crippen molar-refractivity contribution in [2.45, 2.75) is 58.7 Å². The first kappa shape index (κ1) is 14.9. The molecule has 0 heterocycles. The number of nitrogens with one attached hydrogen (secondary N) is 1. The van der Waals surface area contributed by atoms with Gasteiger partial charge in [-0.2, -0.15) is 0 Å². The lowest BCUT2D eigenvalue weighted by Crippen LogP contribution is -2.49. The lowest BCUT2D eigenvalue weighted by atomic mass is 10.1. The van der Waals surface area contributed by atoms with Crippen molar-refractivity contribution in [3.05, 3.63) is 0 Å². The first-order valence-corrected chi connectivity index (χ1v) is 5.54. The van der Waals surface area contributed by atoms with E-state index in [4.69, 9.17) is 9.47 Å². The summed E-state index contributed by atoms with van der Waals surface area (Å²) in [4.78, 5) is 0. The van der Waals surface area contributed by atoms with Crippen molar-refractivity contribution >= 4 is 0 Å². The van der Waals surface area contributed by atoms with Crippen molar-refractivity contribution in [3.8, 4) is 0 Å². The van der Waals surface area contributed by atoms with E-state index in [1.807, 2.05) is 0 Å². The third-order valence-corrected chi connectivity index (χ3v) is 1.72. The lowest BCUT2D eigenvalue weighted by Gasteiger charge is -2.30. The first-order chi connectivity index (χ1) is 6.64. The topological polar surface area (TPSA) is 30.5 Å². The molecule has 0 spiro atoms. The summed E-state index contributed by atoms with van der Waals surface area (Å²) in [6, 6.07) is 0.245. The second-order valence-corrected chi connectivity index (χ2v) is 5.97. The van der Waals surface area contributed by atoms with Gasteiger partial charge in [0.25, 0.3) is 0 Å². The molecule has 0 aromatic carbocycles. The third kappa shape index (κ3) is 10.2. The van der Waals surface area contributed by atoms with Gasteiger partial charge in [0.05, 0.1) is 24.9 Å². The van der Waals surface area contributed by atoms with Crippen LogP contribution in [-0.2, 0) is 9.47 Å². The fourth-order valence-corrected chi connectivity index (χ4v) is 1.30. The molecule has 0 saturated heterocycles. The summed E-state index contributed by atoms with van der Waals surface area (Å²) in [5.74, 6) is 0. The van der Waals surface area contributed by atoms with Gasteiger partial charge in [0.1, 0.15) is 0 Å². The van der Waals surface area contributed by atoms with Crippen LogP contribution in [0.25, 0.3) is 0 Å². The second kappa shape index (κ2) is 5.83. The molecule has 1 unspecified atom stereocenters. The van der Waals surface area contributed by atoms with E-state index in [1.54, 1.807) is 7.11 Å². The Kier molecular flexibility index (Phi) is 5.78. The highest BCUT2D eigenvalue weighted by atomic mass is 16.5. The highest BCUT2D eigenvalue weighted by molar-refractivity contribution is 4.78. The summed E-state index contributed by atoms with van der Waals surface area (Å²) in [5.41, 5.74) is -0.00397. The van der Waals surface area contributed by atoms with Crippen LogP contribution in [-0.4, -0.2) is 37.5 Å². The standard InChI is InChI=1S/C12H27NO2/c1-11(2,3)13-10(8-14-7)9-15-12(4,5)6/h10,13H,8-9H2,1-7H3. The molecular formula is C12H27NO2. The van der Waals surface area contributed by atoms with Crippen molar-refractivity contribution in [2.75, 3.05) is 20.3 Å². The molecule has 0 aromatic rings. The summed E-state index contributed by atoms with van der Waals surface area (Å²) < 4.78 is 10.9. The van der Waals surface area contributed by atoms with E-state index >= 15 is 0 Å².